The number of carbonyl (C=O) groups is 1. The lowest BCUT2D eigenvalue weighted by Crippen LogP contribution is -2.55. The molecule has 0 unspecified atom stereocenters. The molecule has 3 aromatic rings. The Morgan fingerprint density at radius 2 is 1.71 bits per heavy atom. The number of amides is 1. The molecule has 0 saturated heterocycles. The Labute approximate surface area is 179 Å². The van der Waals surface area contributed by atoms with Crippen molar-refractivity contribution in [2.24, 2.45) is 0 Å². The topological polar surface area (TPSA) is 75.0 Å². The van der Waals surface area contributed by atoms with Crippen LogP contribution < -0.4 is 15.2 Å². The van der Waals surface area contributed by atoms with Crippen LogP contribution in [0.5, 0.6) is 11.5 Å². The van der Waals surface area contributed by atoms with Crippen LogP contribution in [-0.4, -0.2) is 40.4 Å². The number of benzene rings is 2. The van der Waals surface area contributed by atoms with Gasteiger partial charge >= 0.3 is 0 Å². The summed E-state index contributed by atoms with van der Waals surface area (Å²) in [4.78, 5) is 26.9. The SMILES string of the molecule is O=C1c2c(O)c(=O)ccn2N2CN1C/C=C\COc1ccccc1[C@@H]2c1ccccc1. The van der Waals surface area contributed by atoms with Crippen molar-refractivity contribution in [1.29, 1.82) is 0 Å². The smallest absolute Gasteiger partial charge is 0.278 e. The van der Waals surface area contributed by atoms with Crippen LogP contribution in [0, 0.1) is 0 Å². The first kappa shape index (κ1) is 19.0. The van der Waals surface area contributed by atoms with Gasteiger partial charge in [0.2, 0.25) is 5.43 Å². The fraction of sp³-hybridized carbons (Fsp3) is 0.167. The van der Waals surface area contributed by atoms with Gasteiger partial charge in [-0.3, -0.25) is 19.3 Å². The van der Waals surface area contributed by atoms with Gasteiger partial charge in [0.1, 0.15) is 25.1 Å². The van der Waals surface area contributed by atoms with Crippen molar-refractivity contribution in [3.05, 3.63) is 106 Å². The molecular weight excluding hydrogens is 394 g/mol. The molecule has 0 aliphatic carbocycles. The molecule has 0 fully saturated rings. The molecule has 1 atom stereocenters. The number of nitrogens with zero attached hydrogens (tertiary/aromatic N) is 3. The number of ether oxygens (including phenoxy) is 1. The minimum Gasteiger partial charge on any atom is -0.502 e. The van der Waals surface area contributed by atoms with Crippen molar-refractivity contribution in [3.8, 4) is 11.5 Å². The third-order valence-electron chi connectivity index (χ3n) is 5.59. The summed E-state index contributed by atoms with van der Waals surface area (Å²) in [5.74, 6) is -0.202. The molecule has 31 heavy (non-hydrogen) atoms. The first-order valence-electron chi connectivity index (χ1n) is 10.1. The lowest BCUT2D eigenvalue weighted by atomic mass is 9.97. The Morgan fingerprint density at radius 3 is 2.55 bits per heavy atom. The van der Waals surface area contributed by atoms with Crippen molar-refractivity contribution < 1.29 is 14.6 Å². The maximum atomic E-state index is 13.2. The summed E-state index contributed by atoms with van der Waals surface area (Å²) < 4.78 is 7.64. The lowest BCUT2D eigenvalue weighted by Gasteiger charge is -2.43. The van der Waals surface area contributed by atoms with Crippen LogP contribution in [0.1, 0.15) is 27.7 Å². The van der Waals surface area contributed by atoms with Gasteiger partial charge in [-0.25, -0.2) is 0 Å². The molecule has 7 nitrogen and oxygen atoms in total. The standard InChI is InChI=1S/C24H21N3O4/c28-19-12-14-26-22(23(19)29)24(30)25-13-6-7-15-31-20-11-5-4-10-18(20)21(27(26)16-25)17-8-2-1-3-9-17/h1-12,14,21,29H,13,15-16H2/b7-6-/t21-/m0/s1. The number of aromatic hydroxyl groups is 1. The van der Waals surface area contributed by atoms with E-state index in [2.05, 4.69) is 0 Å². The van der Waals surface area contributed by atoms with Crippen LogP contribution >= 0.6 is 0 Å². The molecule has 0 spiro atoms. The third-order valence-corrected chi connectivity index (χ3v) is 5.59. The molecule has 5 rings (SSSR count). The molecule has 1 aromatic heterocycles. The quantitative estimate of drug-likeness (QED) is 0.619. The van der Waals surface area contributed by atoms with Gasteiger partial charge in [-0.15, -0.1) is 0 Å². The largest absolute Gasteiger partial charge is 0.502 e. The van der Waals surface area contributed by atoms with E-state index in [0.29, 0.717) is 13.2 Å². The normalized spacial score (nSPS) is 19.0. The molecule has 1 N–H and O–H groups in total. The van der Waals surface area contributed by atoms with Crippen molar-refractivity contribution in [2.45, 2.75) is 6.04 Å². The van der Waals surface area contributed by atoms with E-state index in [1.54, 1.807) is 15.8 Å². The van der Waals surface area contributed by atoms with Crippen molar-refractivity contribution in [2.75, 3.05) is 24.8 Å². The number of pyridine rings is 1. The number of aromatic nitrogens is 1. The first-order valence-corrected chi connectivity index (χ1v) is 10.1. The van der Waals surface area contributed by atoms with Crippen molar-refractivity contribution in [1.82, 2.24) is 9.58 Å². The van der Waals surface area contributed by atoms with E-state index in [1.165, 1.54) is 6.07 Å². The molecule has 3 heterocycles. The predicted molar refractivity (Wildman–Crippen MR) is 116 cm³/mol. The number of para-hydroxylation sites is 1. The number of hydrogen-bond donors (Lipinski definition) is 1. The highest BCUT2D eigenvalue weighted by Gasteiger charge is 2.37. The van der Waals surface area contributed by atoms with Crippen LogP contribution in [0.15, 0.2) is 83.8 Å². The molecule has 7 heteroatoms. The zero-order valence-electron chi connectivity index (χ0n) is 16.7. The molecular formula is C24H21N3O4. The Hall–Kier alpha value is -4.00. The predicted octanol–water partition coefficient (Wildman–Crippen LogP) is 2.64. The van der Waals surface area contributed by atoms with Gasteiger partial charge in [0.25, 0.3) is 5.91 Å². The Balaban J connectivity index is 1.80. The zero-order chi connectivity index (χ0) is 21.4. The number of hydrogen-bond acceptors (Lipinski definition) is 5. The maximum Gasteiger partial charge on any atom is 0.278 e. The summed E-state index contributed by atoms with van der Waals surface area (Å²) in [5, 5.41) is 12.5. The van der Waals surface area contributed by atoms with Crippen molar-refractivity contribution in [3.63, 3.8) is 0 Å². The monoisotopic (exact) mass is 415 g/mol. The summed E-state index contributed by atoms with van der Waals surface area (Å²) in [6.07, 6.45) is 5.26. The molecule has 2 aromatic carbocycles. The van der Waals surface area contributed by atoms with Gasteiger partial charge in [0.05, 0.1) is 0 Å². The molecule has 1 amide bonds. The van der Waals surface area contributed by atoms with Crippen LogP contribution in [0.2, 0.25) is 0 Å². The molecule has 2 bridgehead atoms. The number of carbonyl (C=O) groups excluding carboxylic acids is 1. The van der Waals surface area contributed by atoms with Gasteiger partial charge < -0.3 is 14.7 Å². The van der Waals surface area contributed by atoms with Crippen LogP contribution in [0.3, 0.4) is 0 Å². The average Bonchev–Trinajstić information content (AvgIpc) is 2.82. The second-order valence-electron chi connectivity index (χ2n) is 7.46. The summed E-state index contributed by atoms with van der Waals surface area (Å²) in [7, 11) is 0. The fourth-order valence-corrected chi connectivity index (χ4v) is 4.13. The minimum atomic E-state index is -0.582. The molecule has 2 aliphatic heterocycles. The summed E-state index contributed by atoms with van der Waals surface area (Å²) in [6.45, 7) is 0.974. The van der Waals surface area contributed by atoms with Crippen LogP contribution in [0.25, 0.3) is 0 Å². The summed E-state index contributed by atoms with van der Waals surface area (Å²) in [5.41, 5.74) is 1.29. The Morgan fingerprint density at radius 1 is 0.935 bits per heavy atom. The van der Waals surface area contributed by atoms with Gasteiger partial charge in [-0.2, -0.15) is 0 Å². The highest BCUT2D eigenvalue weighted by Crippen LogP contribution is 2.36. The lowest BCUT2D eigenvalue weighted by molar-refractivity contribution is 0.0701. The van der Waals surface area contributed by atoms with Crippen LogP contribution in [-0.2, 0) is 0 Å². The average molecular weight is 415 g/mol. The molecule has 156 valence electrons. The number of fused-ring (bicyclic) bond motifs is 5. The summed E-state index contributed by atoms with van der Waals surface area (Å²) in [6, 6.07) is 18.6. The summed E-state index contributed by atoms with van der Waals surface area (Å²) >= 11 is 0. The Kier molecular flexibility index (Phi) is 4.71. The fourth-order valence-electron chi connectivity index (χ4n) is 4.13. The molecule has 0 saturated carbocycles. The third kappa shape index (κ3) is 3.24. The van der Waals surface area contributed by atoms with Crippen LogP contribution in [0.4, 0.5) is 0 Å². The zero-order valence-corrected chi connectivity index (χ0v) is 16.7. The number of rotatable bonds is 1. The van der Waals surface area contributed by atoms with E-state index >= 15 is 0 Å². The second kappa shape index (κ2) is 7.68. The van der Waals surface area contributed by atoms with Gasteiger partial charge in [0, 0.05) is 24.4 Å². The van der Waals surface area contributed by atoms with E-state index in [-0.39, 0.29) is 18.4 Å². The van der Waals surface area contributed by atoms with E-state index in [0.717, 1.165) is 16.9 Å². The highest BCUT2D eigenvalue weighted by molar-refractivity contribution is 5.96. The Bertz CT molecular complexity index is 1220. The van der Waals surface area contributed by atoms with Gasteiger partial charge in [-0.1, -0.05) is 54.6 Å². The first-order chi connectivity index (χ1) is 15.1. The van der Waals surface area contributed by atoms with Crippen molar-refractivity contribution >= 4 is 5.91 Å². The van der Waals surface area contributed by atoms with Gasteiger partial charge in [-0.05, 0) is 17.7 Å². The second-order valence-corrected chi connectivity index (χ2v) is 7.46. The van der Waals surface area contributed by atoms with E-state index in [4.69, 9.17) is 4.74 Å². The minimum absolute atomic E-state index is 0.0364. The maximum absolute atomic E-state index is 13.2. The van der Waals surface area contributed by atoms with E-state index in [9.17, 15) is 14.7 Å². The molecule has 0 radical (unpaired) electrons. The molecule has 2 aliphatic rings. The van der Waals surface area contributed by atoms with E-state index < -0.39 is 17.1 Å². The van der Waals surface area contributed by atoms with E-state index in [1.807, 2.05) is 71.8 Å². The van der Waals surface area contributed by atoms with Gasteiger partial charge in [0.15, 0.2) is 11.4 Å². The highest BCUT2D eigenvalue weighted by atomic mass is 16.5.